The molecule has 0 spiro atoms. The molecule has 21 heavy (non-hydrogen) atoms. The van der Waals surface area contributed by atoms with Crippen LogP contribution >= 0.6 is 45.5 Å². The smallest absolute Gasteiger partial charge is 0.314 e. The summed E-state index contributed by atoms with van der Waals surface area (Å²) in [7, 11) is 0. The number of thiazole rings is 1. The lowest BCUT2D eigenvalue weighted by molar-refractivity contribution is -0.385. The van der Waals surface area contributed by atoms with Gasteiger partial charge in [-0.1, -0.05) is 22.9 Å². The molecule has 0 saturated carbocycles. The average molecular weight is 438 g/mol. The minimum absolute atomic E-state index is 0.0190. The third-order valence-corrected chi connectivity index (χ3v) is 4.46. The zero-order valence-corrected chi connectivity index (χ0v) is 13.8. The molecule has 2 aromatic rings. The topological polar surface area (TPSA) is 109 Å². The Hall–Kier alpha value is -1.48. The average Bonchev–Trinajstić information content (AvgIpc) is 2.80. The van der Waals surface area contributed by atoms with E-state index in [2.05, 4.69) is 4.98 Å². The van der Waals surface area contributed by atoms with Gasteiger partial charge in [0.1, 0.15) is 5.15 Å². The second-order valence-electron chi connectivity index (χ2n) is 3.63. The molecule has 10 heteroatoms. The van der Waals surface area contributed by atoms with Gasteiger partial charge in [-0.2, -0.15) is 10.2 Å². The zero-order chi connectivity index (χ0) is 15.6. The van der Waals surface area contributed by atoms with Crippen LogP contribution < -0.4 is 4.74 Å². The van der Waals surface area contributed by atoms with Crippen molar-refractivity contribution in [3.8, 4) is 17.0 Å². The lowest BCUT2D eigenvalue weighted by Gasteiger charge is -2.05. The maximum Gasteiger partial charge on any atom is 0.314 e. The van der Waals surface area contributed by atoms with Gasteiger partial charge in [0.25, 0.3) is 5.19 Å². The Kier molecular flexibility index (Phi) is 4.94. The molecule has 0 aliphatic carbocycles. The van der Waals surface area contributed by atoms with Crippen LogP contribution in [-0.2, 0) is 6.61 Å². The van der Waals surface area contributed by atoms with Crippen molar-refractivity contribution in [3.05, 3.63) is 41.4 Å². The van der Waals surface area contributed by atoms with E-state index in [0.717, 1.165) is 17.4 Å². The van der Waals surface area contributed by atoms with Crippen LogP contribution in [0.25, 0.3) is 0 Å². The van der Waals surface area contributed by atoms with Crippen molar-refractivity contribution in [1.82, 2.24) is 4.98 Å². The van der Waals surface area contributed by atoms with E-state index in [4.69, 9.17) is 26.7 Å². The minimum Gasteiger partial charge on any atom is -0.422 e. The number of nitriles is 1. The molecule has 1 aromatic carbocycles. The fraction of sp³-hybridized carbons (Fsp3) is 0.0909. The van der Waals surface area contributed by atoms with Gasteiger partial charge in [0.2, 0.25) is 5.75 Å². The van der Waals surface area contributed by atoms with Gasteiger partial charge in [-0.25, -0.2) is 0 Å². The van der Waals surface area contributed by atoms with Crippen molar-refractivity contribution in [1.29, 1.82) is 5.26 Å². The molecule has 0 unspecified atom stereocenters. The summed E-state index contributed by atoms with van der Waals surface area (Å²) in [6, 6.07) is 4.43. The number of aromatic nitrogens is 1. The van der Waals surface area contributed by atoms with Crippen LogP contribution in [0.1, 0.15) is 10.4 Å². The molecular weight excluding hydrogens is 433 g/mol. The van der Waals surface area contributed by atoms with Crippen LogP contribution in [0.15, 0.2) is 12.1 Å². The summed E-state index contributed by atoms with van der Waals surface area (Å²) in [4.78, 5) is 14.7. The van der Waals surface area contributed by atoms with Crippen molar-refractivity contribution in [3.63, 3.8) is 0 Å². The molecule has 0 amide bonds. The first kappa shape index (κ1) is 15.9. The maximum absolute atomic E-state index is 11.1. The van der Waals surface area contributed by atoms with E-state index in [1.54, 1.807) is 0 Å². The number of halogens is 2. The fourth-order valence-corrected chi connectivity index (χ4v) is 3.11. The van der Waals surface area contributed by atoms with Crippen molar-refractivity contribution in [2.75, 3.05) is 0 Å². The Morgan fingerprint density at radius 2 is 2.33 bits per heavy atom. The molecule has 108 valence electrons. The largest absolute Gasteiger partial charge is 0.422 e. The number of nitro benzene ring substituents is 1. The summed E-state index contributed by atoms with van der Waals surface area (Å²) in [6.07, 6.45) is 0. The summed E-state index contributed by atoms with van der Waals surface area (Å²) in [5.74, 6) is -0.0190. The molecule has 0 saturated heterocycles. The monoisotopic (exact) mass is 437 g/mol. The number of aliphatic hydroxyl groups is 1. The molecule has 1 N–H and O–H groups in total. The number of ether oxygens (including phenoxy) is 1. The molecule has 1 heterocycles. The van der Waals surface area contributed by atoms with Crippen LogP contribution in [-0.4, -0.2) is 15.0 Å². The molecular formula is C11H5ClIN3O4S. The Balaban J connectivity index is 2.48. The third kappa shape index (κ3) is 3.41. The molecule has 7 nitrogen and oxygen atoms in total. The highest BCUT2D eigenvalue weighted by molar-refractivity contribution is 14.1. The van der Waals surface area contributed by atoms with Crippen molar-refractivity contribution in [2.45, 2.75) is 6.61 Å². The van der Waals surface area contributed by atoms with Crippen LogP contribution in [0.5, 0.6) is 10.9 Å². The molecule has 0 fully saturated rings. The first-order chi connectivity index (χ1) is 9.96. The van der Waals surface area contributed by atoms with Crippen LogP contribution in [0.3, 0.4) is 0 Å². The van der Waals surface area contributed by atoms with E-state index in [1.165, 1.54) is 6.07 Å². The molecule has 0 aliphatic rings. The normalized spacial score (nSPS) is 10.2. The predicted octanol–water partition coefficient (Wildman–Crippen LogP) is 3.47. The fourth-order valence-electron chi connectivity index (χ4n) is 1.42. The molecule has 0 radical (unpaired) electrons. The summed E-state index contributed by atoms with van der Waals surface area (Å²) in [5, 5.41) is 29.2. The highest BCUT2D eigenvalue weighted by Crippen LogP contribution is 2.39. The lowest BCUT2D eigenvalue weighted by atomic mass is 10.2. The van der Waals surface area contributed by atoms with Gasteiger partial charge < -0.3 is 9.84 Å². The molecule has 0 aliphatic heterocycles. The molecule has 1 aromatic heterocycles. The van der Waals surface area contributed by atoms with E-state index in [9.17, 15) is 10.1 Å². The maximum atomic E-state index is 11.1. The van der Waals surface area contributed by atoms with Crippen LogP contribution in [0.4, 0.5) is 5.69 Å². The Morgan fingerprint density at radius 3 is 2.86 bits per heavy atom. The Morgan fingerprint density at radius 1 is 1.62 bits per heavy atom. The van der Waals surface area contributed by atoms with Crippen molar-refractivity contribution < 1.29 is 14.8 Å². The number of hydrogen-bond acceptors (Lipinski definition) is 7. The predicted molar refractivity (Wildman–Crippen MR) is 83.6 cm³/mol. The minimum atomic E-state index is -0.638. The molecule has 0 atom stereocenters. The number of aliphatic hydroxyl groups excluding tert-OH is 1. The first-order valence-corrected chi connectivity index (χ1v) is 7.55. The summed E-state index contributed by atoms with van der Waals surface area (Å²) < 4.78 is 5.82. The van der Waals surface area contributed by atoms with Gasteiger partial charge in [0.15, 0.2) is 0 Å². The second-order valence-corrected chi connectivity index (χ2v) is 6.20. The summed E-state index contributed by atoms with van der Waals surface area (Å²) in [6.45, 7) is -0.299. The van der Waals surface area contributed by atoms with Gasteiger partial charge in [0.05, 0.1) is 31.6 Å². The Labute approximate surface area is 141 Å². The second kappa shape index (κ2) is 6.52. The number of rotatable bonds is 4. The van der Waals surface area contributed by atoms with Gasteiger partial charge >= 0.3 is 5.69 Å². The standard InChI is InChI=1S/C11H5ClIN3O4S/c12-10-8(4-17)21-11(15-10)20-9-6(13)1-5(3-14)2-7(9)16(18)19/h1-2,17H,4H2. The highest BCUT2D eigenvalue weighted by Gasteiger charge is 2.23. The number of nitrogens with zero attached hydrogens (tertiary/aromatic N) is 3. The molecule has 2 rings (SSSR count). The van der Waals surface area contributed by atoms with Gasteiger partial charge in [-0.3, -0.25) is 10.1 Å². The van der Waals surface area contributed by atoms with Gasteiger partial charge in [-0.05, 0) is 28.7 Å². The number of benzene rings is 1. The summed E-state index contributed by atoms with van der Waals surface area (Å²) >= 11 is 8.60. The number of hydrogen-bond donors (Lipinski definition) is 1. The van der Waals surface area contributed by atoms with E-state index in [1.807, 2.05) is 28.7 Å². The lowest BCUT2D eigenvalue weighted by Crippen LogP contribution is -1.97. The first-order valence-electron chi connectivity index (χ1n) is 5.28. The van der Waals surface area contributed by atoms with E-state index in [-0.39, 0.29) is 34.0 Å². The van der Waals surface area contributed by atoms with Gasteiger partial charge in [-0.15, -0.1) is 0 Å². The third-order valence-electron chi connectivity index (χ3n) is 2.31. The van der Waals surface area contributed by atoms with Crippen molar-refractivity contribution in [2.24, 2.45) is 0 Å². The Bertz CT molecular complexity index is 759. The van der Waals surface area contributed by atoms with Crippen molar-refractivity contribution >= 4 is 51.2 Å². The SMILES string of the molecule is N#Cc1cc(I)c(Oc2nc(Cl)c(CO)s2)c([N+](=O)[O-])c1. The van der Waals surface area contributed by atoms with E-state index < -0.39 is 4.92 Å². The highest BCUT2D eigenvalue weighted by atomic mass is 127. The summed E-state index contributed by atoms with van der Waals surface area (Å²) in [5.41, 5.74) is -0.179. The van der Waals surface area contributed by atoms with Crippen LogP contribution in [0, 0.1) is 25.0 Å². The van der Waals surface area contributed by atoms with Gasteiger partial charge in [0, 0.05) is 6.07 Å². The zero-order valence-electron chi connectivity index (χ0n) is 10.0. The molecule has 0 bridgehead atoms. The van der Waals surface area contributed by atoms with Crippen LogP contribution in [0.2, 0.25) is 5.15 Å². The van der Waals surface area contributed by atoms with E-state index in [0.29, 0.717) is 8.45 Å². The quantitative estimate of drug-likeness (QED) is 0.446. The number of nitro groups is 1. The van der Waals surface area contributed by atoms with E-state index >= 15 is 0 Å².